The first-order valence-electron chi connectivity index (χ1n) is 16.2. The molecule has 3 aliphatic heterocycles. The van der Waals surface area contributed by atoms with Gasteiger partial charge in [-0.25, -0.2) is 0 Å². The van der Waals surface area contributed by atoms with Crippen LogP contribution in [-0.4, -0.2) is 48.8 Å². The van der Waals surface area contributed by atoms with E-state index in [0.29, 0.717) is 24.4 Å². The Balaban J connectivity index is 1.32. The van der Waals surface area contributed by atoms with E-state index >= 15 is 0 Å². The first kappa shape index (κ1) is 31.2. The lowest BCUT2D eigenvalue weighted by atomic mass is 9.72. The van der Waals surface area contributed by atoms with E-state index < -0.39 is 0 Å². The van der Waals surface area contributed by atoms with Crippen LogP contribution in [0, 0.1) is 25.7 Å². The van der Waals surface area contributed by atoms with Crippen LogP contribution in [0.25, 0.3) is 0 Å². The summed E-state index contributed by atoms with van der Waals surface area (Å²) in [5, 5.41) is 5.11. The smallest absolute Gasteiger partial charge is 0.169 e. The molecule has 0 amide bonds. The van der Waals surface area contributed by atoms with Crippen LogP contribution in [0.5, 0.6) is 11.5 Å². The molecule has 0 bridgehead atoms. The van der Waals surface area contributed by atoms with Crippen LogP contribution in [0.3, 0.4) is 0 Å². The fraction of sp³-hybridized carbons (Fsp3) is 0.486. The molecule has 3 aromatic carbocycles. The number of hydrogen-bond acceptors (Lipinski definition) is 4. The zero-order chi connectivity index (χ0) is 31.0. The highest BCUT2D eigenvalue weighted by atomic mass is 35.5. The second-order valence-electron chi connectivity index (χ2n) is 12.9. The summed E-state index contributed by atoms with van der Waals surface area (Å²) >= 11 is 12.6. The Morgan fingerprint density at radius 2 is 1.64 bits per heavy atom. The van der Waals surface area contributed by atoms with Crippen molar-refractivity contribution in [3.8, 4) is 11.5 Å². The average molecular weight is 632 g/mol. The molecule has 5 nitrogen and oxygen atoms in total. The molecule has 1 saturated heterocycles. The van der Waals surface area contributed by atoms with Crippen molar-refractivity contribution in [3.05, 3.63) is 92.5 Å². The quantitative estimate of drug-likeness (QED) is 0.267. The van der Waals surface area contributed by atoms with Gasteiger partial charge in [0.25, 0.3) is 0 Å². The Labute approximate surface area is 273 Å². The van der Waals surface area contributed by atoms with E-state index in [1.165, 1.54) is 41.6 Å². The summed E-state index contributed by atoms with van der Waals surface area (Å²) in [6, 6.07) is 17.9. The fourth-order valence-corrected chi connectivity index (χ4v) is 8.44. The molecule has 1 fully saturated rings. The zero-order valence-corrected chi connectivity index (χ0v) is 28.4. The number of ether oxygens (including phenoxy) is 2. The maximum absolute atomic E-state index is 6.50. The second kappa shape index (κ2) is 13.3. The van der Waals surface area contributed by atoms with Crippen LogP contribution in [0.1, 0.15) is 77.2 Å². The minimum atomic E-state index is 0.151. The van der Waals surface area contributed by atoms with Gasteiger partial charge in [0.15, 0.2) is 16.6 Å². The van der Waals surface area contributed by atoms with Crippen LogP contribution in [0.15, 0.2) is 48.5 Å². The number of hydrogen-bond donors (Lipinski definition) is 1. The number of nitrogens with one attached hydrogen (secondary N) is 1. The van der Waals surface area contributed by atoms with Crippen molar-refractivity contribution in [1.29, 1.82) is 0 Å². The van der Waals surface area contributed by atoms with E-state index in [1.807, 2.05) is 18.2 Å². The molecule has 3 aliphatic rings. The lowest BCUT2D eigenvalue weighted by Gasteiger charge is -2.49. The van der Waals surface area contributed by atoms with Crippen molar-refractivity contribution in [2.24, 2.45) is 11.8 Å². The first-order valence-corrected chi connectivity index (χ1v) is 17.0. The number of fused-ring (bicyclic) bond motifs is 4. The predicted octanol–water partition coefficient (Wildman–Crippen LogP) is 7.98. The number of halogens is 1. The van der Waals surface area contributed by atoms with Gasteiger partial charge in [-0.3, -0.25) is 4.90 Å². The van der Waals surface area contributed by atoms with Gasteiger partial charge < -0.3 is 19.7 Å². The van der Waals surface area contributed by atoms with Gasteiger partial charge in [-0.05, 0) is 121 Å². The summed E-state index contributed by atoms with van der Waals surface area (Å²) in [6.45, 7) is 10.7. The molecule has 4 unspecified atom stereocenters. The zero-order valence-electron chi connectivity index (χ0n) is 26.8. The van der Waals surface area contributed by atoms with Crippen LogP contribution in [0.2, 0.25) is 5.02 Å². The molecule has 0 aromatic heterocycles. The van der Waals surface area contributed by atoms with Crippen LogP contribution in [0.4, 0.5) is 0 Å². The summed E-state index contributed by atoms with van der Waals surface area (Å²) in [5.41, 5.74) is 9.62. The van der Waals surface area contributed by atoms with Gasteiger partial charge in [-0.15, -0.1) is 0 Å². The van der Waals surface area contributed by atoms with Crippen molar-refractivity contribution in [1.82, 2.24) is 15.1 Å². The molecular formula is C37H46ClN3O2S. The largest absolute Gasteiger partial charge is 0.493 e. The predicted molar refractivity (Wildman–Crippen MR) is 184 cm³/mol. The number of rotatable bonds is 7. The first-order chi connectivity index (χ1) is 21.3. The number of nitrogens with zero attached hydrogens (tertiary/aromatic N) is 2. The molecule has 234 valence electrons. The average Bonchev–Trinajstić information content (AvgIpc) is 3.04. The third kappa shape index (κ3) is 6.05. The second-order valence-corrected chi connectivity index (χ2v) is 13.7. The molecule has 0 saturated carbocycles. The van der Waals surface area contributed by atoms with E-state index in [4.69, 9.17) is 33.3 Å². The summed E-state index contributed by atoms with van der Waals surface area (Å²) in [4.78, 5) is 5.21. The molecule has 1 N–H and O–H groups in total. The molecule has 3 aromatic rings. The van der Waals surface area contributed by atoms with Crippen molar-refractivity contribution < 1.29 is 9.47 Å². The molecule has 0 radical (unpaired) electrons. The fourth-order valence-electron chi connectivity index (χ4n) is 7.94. The van der Waals surface area contributed by atoms with E-state index in [1.54, 1.807) is 25.3 Å². The molecule has 44 heavy (non-hydrogen) atoms. The minimum Gasteiger partial charge on any atom is -0.493 e. The normalized spacial score (nSPS) is 22.9. The number of benzene rings is 3. The Morgan fingerprint density at radius 1 is 0.932 bits per heavy atom. The van der Waals surface area contributed by atoms with E-state index in [-0.39, 0.29) is 6.04 Å². The van der Waals surface area contributed by atoms with Gasteiger partial charge in [-0.2, -0.15) is 0 Å². The Kier molecular flexibility index (Phi) is 9.42. The third-order valence-corrected chi connectivity index (χ3v) is 11.3. The molecule has 7 heteroatoms. The molecule has 0 spiro atoms. The lowest BCUT2D eigenvalue weighted by molar-refractivity contribution is 0.0378. The molecular weight excluding hydrogens is 586 g/mol. The lowest BCUT2D eigenvalue weighted by Crippen LogP contribution is -2.49. The molecule has 4 atom stereocenters. The monoisotopic (exact) mass is 631 g/mol. The van der Waals surface area contributed by atoms with Crippen LogP contribution < -0.4 is 14.8 Å². The van der Waals surface area contributed by atoms with Crippen LogP contribution in [-0.2, 0) is 19.4 Å². The van der Waals surface area contributed by atoms with Gasteiger partial charge in [0, 0.05) is 37.2 Å². The molecule has 0 aliphatic carbocycles. The van der Waals surface area contributed by atoms with Gasteiger partial charge in [0.05, 0.1) is 20.3 Å². The van der Waals surface area contributed by atoms with E-state index in [0.717, 1.165) is 59.5 Å². The standard InChI is InChI=1S/C37H46ClN3O2S/c1-6-25-22-40-13-11-26-15-23(2)24(3)16-30(26)33(40)17-29(25)18-34-31-20-36(43-5)35(42-4)19-27(31)12-14-41(34)37(44)39-21-28-9-7-8-10-32(28)38/h7-10,15-16,19-20,25,29,33-34H,6,11-14,17-18,21-22H2,1-5H3,(H,39,44). The van der Waals surface area contributed by atoms with Gasteiger partial charge in [0.2, 0.25) is 0 Å². The number of piperidine rings is 1. The maximum Gasteiger partial charge on any atom is 0.169 e. The van der Waals surface area contributed by atoms with E-state index in [2.05, 4.69) is 66.2 Å². The van der Waals surface area contributed by atoms with Gasteiger partial charge >= 0.3 is 0 Å². The molecule has 6 rings (SSSR count). The topological polar surface area (TPSA) is 37.0 Å². The van der Waals surface area contributed by atoms with Crippen LogP contribution >= 0.6 is 23.8 Å². The molecule has 3 heterocycles. The minimum absolute atomic E-state index is 0.151. The summed E-state index contributed by atoms with van der Waals surface area (Å²) in [6.07, 6.45) is 5.49. The SMILES string of the molecule is CCC1CN2CCc3cc(C)c(C)cc3C2CC1CC1c2cc(OC)c(OC)cc2CCN1C(=S)NCc1ccccc1Cl. The number of thiocarbonyl (C=S) groups is 1. The summed E-state index contributed by atoms with van der Waals surface area (Å²) in [5.74, 6) is 2.80. The Morgan fingerprint density at radius 3 is 2.39 bits per heavy atom. The Bertz CT molecular complexity index is 1530. The van der Waals surface area contributed by atoms with Gasteiger partial charge in [0.1, 0.15) is 0 Å². The maximum atomic E-state index is 6.50. The number of aryl methyl sites for hydroxylation is 2. The highest BCUT2D eigenvalue weighted by molar-refractivity contribution is 7.80. The van der Waals surface area contributed by atoms with Gasteiger partial charge in [-0.1, -0.05) is 55.3 Å². The van der Waals surface area contributed by atoms with Crippen molar-refractivity contribution >= 4 is 28.9 Å². The number of methoxy groups -OCH3 is 2. The van der Waals surface area contributed by atoms with Crippen molar-refractivity contribution in [2.75, 3.05) is 33.9 Å². The van der Waals surface area contributed by atoms with Crippen molar-refractivity contribution in [3.63, 3.8) is 0 Å². The Hall–Kier alpha value is -2.80. The summed E-state index contributed by atoms with van der Waals surface area (Å²) < 4.78 is 11.5. The van der Waals surface area contributed by atoms with Crippen molar-refractivity contribution in [2.45, 2.75) is 71.5 Å². The van der Waals surface area contributed by atoms with E-state index in [9.17, 15) is 0 Å². The third-order valence-electron chi connectivity index (χ3n) is 10.6. The summed E-state index contributed by atoms with van der Waals surface area (Å²) in [7, 11) is 3.44. The highest BCUT2D eigenvalue weighted by Crippen LogP contribution is 2.48. The highest BCUT2D eigenvalue weighted by Gasteiger charge is 2.41.